The molecule has 2 aliphatic heterocycles. The summed E-state index contributed by atoms with van der Waals surface area (Å²) in [5.41, 5.74) is 2.32. The van der Waals surface area contributed by atoms with Crippen LogP contribution in [0.5, 0.6) is 5.75 Å². The Morgan fingerprint density at radius 3 is 2.45 bits per heavy atom. The number of fused-ring (bicyclic) bond motifs is 1. The van der Waals surface area contributed by atoms with E-state index in [0.717, 1.165) is 16.9 Å². The van der Waals surface area contributed by atoms with Crippen LogP contribution >= 0.6 is 0 Å². The van der Waals surface area contributed by atoms with Gasteiger partial charge < -0.3 is 9.26 Å². The number of carbonyl (C=O) groups excluding carboxylic acids is 2. The quantitative estimate of drug-likeness (QED) is 0.534. The molecule has 33 heavy (non-hydrogen) atoms. The summed E-state index contributed by atoms with van der Waals surface area (Å²) in [5, 5.41) is 13.5. The summed E-state index contributed by atoms with van der Waals surface area (Å²) in [4.78, 5) is 31.5. The topological polar surface area (TPSA) is 113 Å². The lowest BCUT2D eigenvalue weighted by molar-refractivity contribution is -0.123. The maximum atomic E-state index is 13.1. The van der Waals surface area contributed by atoms with Crippen molar-refractivity contribution < 1.29 is 18.8 Å². The van der Waals surface area contributed by atoms with E-state index in [9.17, 15) is 9.59 Å². The molecule has 1 saturated heterocycles. The Hall–Kier alpha value is -4.08. The van der Waals surface area contributed by atoms with Crippen molar-refractivity contribution in [3.8, 4) is 17.1 Å². The van der Waals surface area contributed by atoms with E-state index in [1.54, 1.807) is 12.1 Å². The minimum atomic E-state index is -0.880. The molecular formula is C23H22N6O4. The second-order valence-corrected chi connectivity index (χ2v) is 8.24. The average molecular weight is 446 g/mol. The molecule has 168 valence electrons. The van der Waals surface area contributed by atoms with Gasteiger partial charge in [-0.3, -0.25) is 14.6 Å². The largest absolute Gasteiger partial charge is 0.491 e. The van der Waals surface area contributed by atoms with Crippen molar-refractivity contribution in [3.63, 3.8) is 0 Å². The van der Waals surface area contributed by atoms with Gasteiger partial charge in [0.05, 0.1) is 11.8 Å². The molecule has 0 aliphatic carbocycles. The summed E-state index contributed by atoms with van der Waals surface area (Å²) in [6.07, 6.45) is 0.0817. The van der Waals surface area contributed by atoms with Crippen LogP contribution in [0.25, 0.3) is 11.4 Å². The van der Waals surface area contributed by atoms with Gasteiger partial charge in [0.15, 0.2) is 12.1 Å². The maximum absolute atomic E-state index is 13.1. The number of rotatable bonds is 6. The molecule has 2 aliphatic rings. The first-order valence-electron chi connectivity index (χ1n) is 10.6. The summed E-state index contributed by atoms with van der Waals surface area (Å²) in [6, 6.07) is 12.9. The number of hydrogen-bond acceptors (Lipinski definition) is 9. The van der Waals surface area contributed by atoms with Crippen LogP contribution in [0.1, 0.15) is 25.3 Å². The summed E-state index contributed by atoms with van der Waals surface area (Å²) < 4.78 is 11.0. The van der Waals surface area contributed by atoms with Gasteiger partial charge in [0.25, 0.3) is 11.8 Å². The fraction of sp³-hybridized carbons (Fsp3) is 0.304. The van der Waals surface area contributed by atoms with Gasteiger partial charge in [0.1, 0.15) is 12.3 Å². The van der Waals surface area contributed by atoms with E-state index in [2.05, 4.69) is 20.5 Å². The van der Waals surface area contributed by atoms with Gasteiger partial charge >= 0.3 is 0 Å². The Labute approximate surface area is 189 Å². The summed E-state index contributed by atoms with van der Waals surface area (Å²) >= 11 is 0. The fourth-order valence-corrected chi connectivity index (χ4v) is 3.83. The number of aromatic nitrogens is 2. The molecule has 0 bridgehead atoms. The van der Waals surface area contributed by atoms with E-state index < -0.39 is 18.0 Å². The van der Waals surface area contributed by atoms with Gasteiger partial charge in [-0.25, -0.2) is 4.90 Å². The monoisotopic (exact) mass is 446 g/mol. The van der Waals surface area contributed by atoms with Crippen LogP contribution in [0.15, 0.2) is 63.4 Å². The van der Waals surface area contributed by atoms with Gasteiger partial charge in [0, 0.05) is 5.56 Å². The zero-order valence-electron chi connectivity index (χ0n) is 18.4. The molecule has 1 fully saturated rings. The number of imide groups is 1. The zero-order valence-corrected chi connectivity index (χ0v) is 18.4. The summed E-state index contributed by atoms with van der Waals surface area (Å²) in [7, 11) is 0. The maximum Gasteiger partial charge on any atom is 0.263 e. The molecule has 10 nitrogen and oxygen atoms in total. The highest BCUT2D eigenvalue weighted by molar-refractivity contribution is 6.25. The van der Waals surface area contributed by atoms with Gasteiger partial charge in [-0.05, 0) is 57.2 Å². The van der Waals surface area contributed by atoms with Crippen LogP contribution in [-0.2, 0) is 16.1 Å². The first-order valence-corrected chi connectivity index (χ1v) is 10.6. The first kappa shape index (κ1) is 20.8. The molecule has 0 saturated carbocycles. The van der Waals surface area contributed by atoms with Crippen molar-refractivity contribution in [2.24, 2.45) is 10.3 Å². The van der Waals surface area contributed by atoms with Crippen LogP contribution in [0, 0.1) is 6.92 Å². The van der Waals surface area contributed by atoms with Crippen molar-refractivity contribution in [1.82, 2.24) is 15.1 Å². The van der Waals surface area contributed by atoms with Crippen LogP contribution in [-0.4, -0.2) is 45.2 Å². The molecule has 0 spiro atoms. The number of carbonyl (C=O) groups is 2. The number of benzene rings is 2. The Balaban J connectivity index is 1.31. The SMILES string of the molecule is Cc1ccc(N2C(=O)C3N=NN(Cc4nc(-c5ccc(OC(C)C)cc5)no4)C3C2=O)cc1. The Morgan fingerprint density at radius 1 is 1.03 bits per heavy atom. The average Bonchev–Trinajstić information content (AvgIpc) is 3.48. The van der Waals surface area contributed by atoms with Crippen molar-refractivity contribution in [2.45, 2.75) is 45.5 Å². The van der Waals surface area contributed by atoms with E-state index >= 15 is 0 Å². The third-order valence-electron chi connectivity index (χ3n) is 5.40. The minimum Gasteiger partial charge on any atom is -0.491 e. The molecular weight excluding hydrogens is 424 g/mol. The molecule has 0 N–H and O–H groups in total. The van der Waals surface area contributed by atoms with E-state index in [-0.39, 0.29) is 24.4 Å². The van der Waals surface area contributed by atoms with Crippen molar-refractivity contribution in [2.75, 3.05) is 4.90 Å². The highest BCUT2D eigenvalue weighted by Crippen LogP contribution is 2.33. The molecule has 3 aromatic rings. The van der Waals surface area contributed by atoms with E-state index in [1.807, 2.05) is 57.2 Å². The number of amides is 2. The van der Waals surface area contributed by atoms with Crippen LogP contribution in [0.4, 0.5) is 5.69 Å². The first-order chi connectivity index (χ1) is 15.9. The molecule has 3 heterocycles. The van der Waals surface area contributed by atoms with Crippen LogP contribution in [0.3, 0.4) is 0 Å². The van der Waals surface area contributed by atoms with E-state index in [1.165, 1.54) is 9.91 Å². The highest BCUT2D eigenvalue weighted by atomic mass is 16.5. The predicted octanol–water partition coefficient (Wildman–Crippen LogP) is 3.33. The number of nitrogens with zero attached hydrogens (tertiary/aromatic N) is 6. The molecule has 1 aromatic heterocycles. The van der Waals surface area contributed by atoms with Gasteiger partial charge in [-0.15, -0.1) is 0 Å². The fourth-order valence-electron chi connectivity index (χ4n) is 3.83. The van der Waals surface area contributed by atoms with E-state index in [4.69, 9.17) is 9.26 Å². The van der Waals surface area contributed by atoms with Crippen molar-refractivity contribution in [1.29, 1.82) is 0 Å². The normalized spacial score (nSPS) is 19.6. The minimum absolute atomic E-state index is 0.0625. The van der Waals surface area contributed by atoms with Crippen LogP contribution < -0.4 is 9.64 Å². The molecule has 2 atom stereocenters. The lowest BCUT2D eigenvalue weighted by Gasteiger charge is -2.19. The van der Waals surface area contributed by atoms with Crippen molar-refractivity contribution in [3.05, 3.63) is 60.0 Å². The van der Waals surface area contributed by atoms with Crippen molar-refractivity contribution >= 4 is 17.5 Å². The predicted molar refractivity (Wildman–Crippen MR) is 117 cm³/mol. The number of hydrogen-bond donors (Lipinski definition) is 0. The highest BCUT2D eigenvalue weighted by Gasteiger charge is 2.55. The van der Waals surface area contributed by atoms with E-state index in [0.29, 0.717) is 11.5 Å². The van der Waals surface area contributed by atoms with Gasteiger partial charge in [-0.1, -0.05) is 28.1 Å². The number of anilines is 1. The number of ether oxygens (including phenoxy) is 1. The Bertz CT molecular complexity index is 1220. The molecule has 2 amide bonds. The second-order valence-electron chi connectivity index (χ2n) is 8.24. The van der Waals surface area contributed by atoms with Gasteiger partial charge in [-0.2, -0.15) is 10.1 Å². The molecule has 2 unspecified atom stereocenters. The lowest BCUT2D eigenvalue weighted by atomic mass is 10.1. The number of aryl methyl sites for hydroxylation is 1. The molecule has 5 rings (SSSR count). The van der Waals surface area contributed by atoms with Gasteiger partial charge in [0.2, 0.25) is 11.7 Å². The Kier molecular flexibility index (Phi) is 5.12. The lowest BCUT2D eigenvalue weighted by Crippen LogP contribution is -2.39. The second kappa shape index (κ2) is 8.12. The smallest absolute Gasteiger partial charge is 0.263 e. The third kappa shape index (κ3) is 3.84. The standard InChI is InChI=1S/C23H22N6O4/c1-13(2)32-17-10-6-15(7-11-17)21-24-18(33-26-21)12-28-20-19(25-27-28)22(30)29(23(20)31)16-8-4-14(3)5-9-16/h4-11,13,19-20H,12H2,1-3H3. The van der Waals surface area contributed by atoms with Crippen LogP contribution in [0.2, 0.25) is 0 Å². The Morgan fingerprint density at radius 2 is 1.76 bits per heavy atom. The summed E-state index contributed by atoms with van der Waals surface area (Å²) in [5.74, 6) is 0.655. The summed E-state index contributed by atoms with van der Waals surface area (Å²) in [6.45, 7) is 5.92. The molecule has 10 heteroatoms. The zero-order chi connectivity index (χ0) is 23.1. The third-order valence-corrected chi connectivity index (χ3v) is 5.40. The molecule has 2 aromatic carbocycles. The molecule has 0 radical (unpaired) electrons.